The summed E-state index contributed by atoms with van der Waals surface area (Å²) in [6.07, 6.45) is 1.76. The summed E-state index contributed by atoms with van der Waals surface area (Å²) in [6, 6.07) is 10.7. The van der Waals surface area contributed by atoms with E-state index >= 15 is 0 Å². The molecule has 1 aliphatic heterocycles. The van der Waals surface area contributed by atoms with Crippen molar-refractivity contribution in [2.45, 2.75) is 13.8 Å². The van der Waals surface area contributed by atoms with Crippen LogP contribution in [0.1, 0.15) is 18.1 Å². The number of amides is 1. The van der Waals surface area contributed by atoms with Gasteiger partial charge in [0, 0.05) is 5.02 Å². The minimum absolute atomic E-state index is 0.172. The zero-order chi connectivity index (χ0) is 21.7. The number of thioether (sulfide) groups is 1. The van der Waals surface area contributed by atoms with E-state index in [9.17, 15) is 9.59 Å². The Kier molecular flexibility index (Phi) is 7.58. The highest BCUT2D eigenvalue weighted by Crippen LogP contribution is 2.32. The Morgan fingerprint density at radius 3 is 2.80 bits per heavy atom. The van der Waals surface area contributed by atoms with E-state index in [2.05, 4.69) is 26.2 Å². The minimum Gasteiger partial charge on any atom is -0.481 e. The number of hydrogen-bond acceptors (Lipinski definition) is 6. The predicted octanol–water partition coefficient (Wildman–Crippen LogP) is 5.24. The van der Waals surface area contributed by atoms with Crippen LogP contribution in [0.2, 0.25) is 5.02 Å². The number of aryl methyl sites for hydroxylation is 1. The molecule has 0 unspecified atom stereocenters. The first-order valence-corrected chi connectivity index (χ1v) is 11.0. The maximum Gasteiger partial charge on any atom is 0.344 e. The number of esters is 1. The van der Waals surface area contributed by atoms with Gasteiger partial charge in [0.05, 0.1) is 21.7 Å². The molecule has 0 radical (unpaired) electrons. The van der Waals surface area contributed by atoms with Crippen molar-refractivity contribution in [1.82, 2.24) is 5.32 Å². The molecule has 0 atom stereocenters. The Morgan fingerprint density at radius 2 is 2.10 bits per heavy atom. The van der Waals surface area contributed by atoms with E-state index in [-0.39, 0.29) is 12.5 Å². The fourth-order valence-corrected chi connectivity index (χ4v) is 4.12. The zero-order valence-corrected chi connectivity index (χ0v) is 19.4. The predicted molar refractivity (Wildman–Crippen MR) is 123 cm³/mol. The van der Waals surface area contributed by atoms with Crippen LogP contribution in [0.4, 0.5) is 5.69 Å². The van der Waals surface area contributed by atoms with Gasteiger partial charge in [0.2, 0.25) is 0 Å². The number of rotatable bonds is 6. The van der Waals surface area contributed by atoms with Gasteiger partial charge in [0.15, 0.2) is 11.8 Å². The number of carbonyl (C=O) groups is 2. The van der Waals surface area contributed by atoms with E-state index in [1.54, 1.807) is 37.3 Å². The molecular formula is C21H18BrClN2O4S. The number of amidine groups is 1. The van der Waals surface area contributed by atoms with Crippen molar-refractivity contribution >= 4 is 68.1 Å². The first-order chi connectivity index (χ1) is 14.4. The molecule has 3 rings (SSSR count). The lowest BCUT2D eigenvalue weighted by atomic mass is 10.2. The van der Waals surface area contributed by atoms with Gasteiger partial charge in [-0.2, -0.15) is 0 Å². The summed E-state index contributed by atoms with van der Waals surface area (Å²) in [5.74, 6) is -0.143. The zero-order valence-electron chi connectivity index (χ0n) is 16.2. The first kappa shape index (κ1) is 22.4. The molecule has 1 N–H and O–H groups in total. The lowest BCUT2D eigenvalue weighted by Gasteiger charge is -2.08. The molecule has 1 fully saturated rings. The quantitative estimate of drug-likeness (QED) is 0.425. The van der Waals surface area contributed by atoms with Crippen LogP contribution in [0, 0.1) is 6.92 Å². The second-order valence-corrected chi connectivity index (χ2v) is 8.52. The van der Waals surface area contributed by atoms with Crippen LogP contribution in [-0.4, -0.2) is 30.3 Å². The Hall–Kier alpha value is -2.29. The number of halogens is 2. The molecule has 1 saturated heterocycles. The van der Waals surface area contributed by atoms with Crippen molar-refractivity contribution in [2.24, 2.45) is 4.99 Å². The summed E-state index contributed by atoms with van der Waals surface area (Å²) in [6.45, 7) is 3.78. The van der Waals surface area contributed by atoms with Gasteiger partial charge >= 0.3 is 5.97 Å². The number of carbonyl (C=O) groups excluding carboxylic acids is 2. The summed E-state index contributed by atoms with van der Waals surface area (Å²) >= 11 is 10.7. The van der Waals surface area contributed by atoms with E-state index in [4.69, 9.17) is 21.1 Å². The summed E-state index contributed by atoms with van der Waals surface area (Å²) < 4.78 is 10.9. The van der Waals surface area contributed by atoms with Crippen LogP contribution in [0.3, 0.4) is 0 Å². The SMILES string of the molecule is CCOC(=O)COc1ccc(/C=C2\SC(=Nc3ccc(Cl)cc3C)NC2=O)cc1Br. The minimum atomic E-state index is -0.433. The van der Waals surface area contributed by atoms with Crippen molar-refractivity contribution in [2.75, 3.05) is 13.2 Å². The fourth-order valence-electron chi connectivity index (χ4n) is 2.55. The highest BCUT2D eigenvalue weighted by Gasteiger charge is 2.24. The maximum atomic E-state index is 12.3. The van der Waals surface area contributed by atoms with E-state index < -0.39 is 5.97 Å². The van der Waals surface area contributed by atoms with Crippen molar-refractivity contribution in [3.8, 4) is 5.75 Å². The Balaban J connectivity index is 1.72. The van der Waals surface area contributed by atoms with Gasteiger partial charge in [-0.15, -0.1) is 0 Å². The Labute approximate surface area is 191 Å². The Morgan fingerprint density at radius 1 is 1.30 bits per heavy atom. The van der Waals surface area contributed by atoms with E-state index in [1.807, 2.05) is 19.1 Å². The molecule has 0 saturated carbocycles. The number of aliphatic imine (C=N–C) groups is 1. The first-order valence-electron chi connectivity index (χ1n) is 8.99. The monoisotopic (exact) mass is 508 g/mol. The molecule has 1 amide bonds. The second kappa shape index (κ2) is 10.1. The molecule has 1 heterocycles. The van der Waals surface area contributed by atoms with Crippen LogP contribution in [0.25, 0.3) is 6.08 Å². The molecule has 0 bridgehead atoms. The van der Waals surface area contributed by atoms with Crippen molar-refractivity contribution in [1.29, 1.82) is 0 Å². The maximum absolute atomic E-state index is 12.3. The molecule has 30 heavy (non-hydrogen) atoms. The summed E-state index contributed by atoms with van der Waals surface area (Å²) in [7, 11) is 0. The number of hydrogen-bond donors (Lipinski definition) is 1. The molecule has 0 spiro atoms. The standard InChI is InChI=1S/C21H18BrClN2O4S/c1-3-28-19(26)11-29-17-7-4-13(9-15(17)22)10-18-20(27)25-21(30-18)24-16-6-5-14(23)8-12(16)2/h4-10H,3,11H2,1-2H3,(H,24,25,27)/b18-10-. The van der Waals surface area contributed by atoms with Crippen LogP contribution >= 0.6 is 39.3 Å². The average Bonchev–Trinajstić information content (AvgIpc) is 3.02. The lowest BCUT2D eigenvalue weighted by Crippen LogP contribution is -2.19. The summed E-state index contributed by atoms with van der Waals surface area (Å²) in [4.78, 5) is 28.8. The Bertz CT molecular complexity index is 1060. The fraction of sp³-hybridized carbons (Fsp3) is 0.190. The molecule has 2 aromatic rings. The third-order valence-electron chi connectivity index (χ3n) is 3.94. The van der Waals surface area contributed by atoms with Gasteiger partial charge in [-0.3, -0.25) is 4.79 Å². The van der Waals surface area contributed by atoms with Crippen LogP contribution in [0.15, 0.2) is 50.8 Å². The molecule has 2 aromatic carbocycles. The number of benzene rings is 2. The van der Waals surface area contributed by atoms with Gasteiger partial charge in [0.25, 0.3) is 5.91 Å². The van der Waals surface area contributed by atoms with E-state index in [0.29, 0.717) is 31.9 Å². The van der Waals surface area contributed by atoms with Crippen LogP contribution < -0.4 is 10.1 Å². The normalized spacial score (nSPS) is 16.1. The van der Waals surface area contributed by atoms with Gasteiger partial charge in [-0.25, -0.2) is 9.79 Å². The third kappa shape index (κ3) is 5.87. The van der Waals surface area contributed by atoms with Gasteiger partial charge < -0.3 is 14.8 Å². The molecule has 0 aromatic heterocycles. The average molecular weight is 510 g/mol. The number of ether oxygens (including phenoxy) is 2. The second-order valence-electron chi connectivity index (χ2n) is 6.20. The van der Waals surface area contributed by atoms with E-state index in [0.717, 1.165) is 16.8 Å². The van der Waals surface area contributed by atoms with Crippen molar-refractivity contribution < 1.29 is 19.1 Å². The molecule has 1 aliphatic rings. The molecule has 6 nitrogen and oxygen atoms in total. The lowest BCUT2D eigenvalue weighted by molar-refractivity contribution is -0.145. The van der Waals surface area contributed by atoms with E-state index in [1.165, 1.54) is 11.8 Å². The third-order valence-corrected chi connectivity index (χ3v) is 5.70. The van der Waals surface area contributed by atoms with Crippen LogP contribution in [0.5, 0.6) is 5.75 Å². The van der Waals surface area contributed by atoms with Gasteiger partial charge in [-0.1, -0.05) is 17.7 Å². The van der Waals surface area contributed by atoms with Gasteiger partial charge in [0.1, 0.15) is 5.75 Å². The summed E-state index contributed by atoms with van der Waals surface area (Å²) in [5.41, 5.74) is 2.46. The largest absolute Gasteiger partial charge is 0.481 e. The smallest absolute Gasteiger partial charge is 0.344 e. The van der Waals surface area contributed by atoms with Crippen LogP contribution in [-0.2, 0) is 14.3 Å². The molecule has 156 valence electrons. The summed E-state index contributed by atoms with van der Waals surface area (Å²) in [5, 5.41) is 3.91. The highest BCUT2D eigenvalue weighted by molar-refractivity contribution is 9.10. The number of nitrogens with zero attached hydrogens (tertiary/aromatic N) is 1. The topological polar surface area (TPSA) is 77.0 Å². The van der Waals surface area contributed by atoms with Crippen molar-refractivity contribution in [3.05, 3.63) is 61.9 Å². The molecular weight excluding hydrogens is 492 g/mol. The molecule has 9 heteroatoms. The highest BCUT2D eigenvalue weighted by atomic mass is 79.9. The van der Waals surface area contributed by atoms with Gasteiger partial charge in [-0.05, 0) is 89.1 Å². The molecule has 0 aliphatic carbocycles. The number of nitrogens with one attached hydrogen (secondary N) is 1. The van der Waals surface area contributed by atoms with Crippen molar-refractivity contribution in [3.63, 3.8) is 0 Å².